The molecule has 0 aliphatic carbocycles. The molecule has 0 aliphatic heterocycles. The molecule has 0 heterocycles. The van der Waals surface area contributed by atoms with Gasteiger partial charge in [-0.2, -0.15) is 0 Å². The highest BCUT2D eigenvalue weighted by atomic mass is 32.2. The van der Waals surface area contributed by atoms with Crippen LogP contribution in [0.4, 0.5) is 0 Å². The Labute approximate surface area is 114 Å². The Balaban J connectivity index is 2.55. The van der Waals surface area contributed by atoms with Gasteiger partial charge in [-0.05, 0) is 31.7 Å². The summed E-state index contributed by atoms with van der Waals surface area (Å²) in [5, 5.41) is 1.68. The first-order valence-electron chi connectivity index (χ1n) is 6.37. The van der Waals surface area contributed by atoms with Crippen molar-refractivity contribution in [2.75, 3.05) is 0 Å². The Morgan fingerprint density at radius 3 is 2.37 bits per heavy atom. The lowest BCUT2D eigenvalue weighted by atomic mass is 10.0. The van der Waals surface area contributed by atoms with Crippen molar-refractivity contribution in [3.63, 3.8) is 0 Å². The molecule has 0 atom stereocenters. The molecule has 0 aromatic heterocycles. The van der Waals surface area contributed by atoms with Crippen LogP contribution in [-0.2, 0) is 10.0 Å². The monoisotopic (exact) mass is 277 g/mol. The Kier molecular flexibility index (Phi) is 3.65. The van der Waals surface area contributed by atoms with Gasteiger partial charge in [0.05, 0.1) is 4.90 Å². The molecule has 0 spiro atoms. The molecule has 0 aliphatic rings. The first-order valence-corrected chi connectivity index (χ1v) is 7.86. The molecule has 2 rings (SSSR count). The minimum absolute atomic E-state index is 0.340. The van der Waals surface area contributed by atoms with Gasteiger partial charge in [0.15, 0.2) is 0 Å². The van der Waals surface area contributed by atoms with Crippen molar-refractivity contribution in [1.29, 1.82) is 0 Å². The molecular weight excluding hydrogens is 258 g/mol. The minimum Gasteiger partial charge on any atom is -0.207 e. The predicted molar refractivity (Wildman–Crippen MR) is 78.6 cm³/mol. The molecule has 2 aromatic carbocycles. The lowest BCUT2D eigenvalue weighted by Crippen LogP contribution is -2.42. The molecule has 4 heteroatoms. The van der Waals surface area contributed by atoms with E-state index in [2.05, 4.69) is 4.72 Å². The molecule has 0 saturated heterocycles. The maximum absolute atomic E-state index is 12.5. The third-order valence-corrected chi connectivity index (χ3v) is 5.09. The second-order valence-corrected chi connectivity index (χ2v) is 6.97. The number of rotatable bonds is 4. The lowest BCUT2D eigenvalue weighted by molar-refractivity contribution is 0.440. The summed E-state index contributed by atoms with van der Waals surface area (Å²) < 4.78 is 27.8. The van der Waals surface area contributed by atoms with Crippen LogP contribution in [-0.4, -0.2) is 14.0 Å². The molecule has 3 nitrogen and oxygen atoms in total. The third kappa shape index (κ3) is 2.96. The fraction of sp³-hybridized carbons (Fsp3) is 0.333. The van der Waals surface area contributed by atoms with Crippen molar-refractivity contribution in [3.05, 3.63) is 42.5 Å². The van der Waals surface area contributed by atoms with Gasteiger partial charge in [-0.15, -0.1) is 0 Å². The molecule has 102 valence electrons. The van der Waals surface area contributed by atoms with E-state index in [1.165, 1.54) is 0 Å². The normalized spacial score (nSPS) is 12.8. The van der Waals surface area contributed by atoms with Crippen molar-refractivity contribution < 1.29 is 8.42 Å². The number of nitrogens with one attached hydrogen (secondary N) is 1. The fourth-order valence-electron chi connectivity index (χ4n) is 1.92. The fourth-order valence-corrected chi connectivity index (χ4v) is 3.64. The highest BCUT2D eigenvalue weighted by Gasteiger charge is 2.25. The van der Waals surface area contributed by atoms with Crippen LogP contribution in [0.2, 0.25) is 0 Å². The van der Waals surface area contributed by atoms with Crippen LogP contribution in [0.15, 0.2) is 47.4 Å². The highest BCUT2D eigenvalue weighted by Crippen LogP contribution is 2.24. The highest BCUT2D eigenvalue weighted by molar-refractivity contribution is 7.89. The van der Waals surface area contributed by atoms with Gasteiger partial charge in [0, 0.05) is 10.9 Å². The predicted octanol–water partition coefficient (Wildman–Crippen LogP) is 3.31. The Hall–Kier alpha value is -1.39. The summed E-state index contributed by atoms with van der Waals surface area (Å²) in [4.78, 5) is 0.340. The standard InChI is InChI=1S/C15H19NO2S/c1-4-15(2,3)16-19(17,18)14-11-7-9-12-8-5-6-10-13(12)14/h5-11,16H,4H2,1-3H3. The van der Waals surface area contributed by atoms with Crippen LogP contribution in [0.25, 0.3) is 10.8 Å². The van der Waals surface area contributed by atoms with E-state index >= 15 is 0 Å². The molecule has 0 bridgehead atoms. The Bertz CT molecular complexity index is 685. The van der Waals surface area contributed by atoms with Gasteiger partial charge in [-0.1, -0.05) is 43.3 Å². The van der Waals surface area contributed by atoms with Gasteiger partial charge < -0.3 is 0 Å². The Morgan fingerprint density at radius 1 is 1.05 bits per heavy atom. The van der Waals surface area contributed by atoms with Gasteiger partial charge >= 0.3 is 0 Å². The summed E-state index contributed by atoms with van der Waals surface area (Å²) in [5.74, 6) is 0. The van der Waals surface area contributed by atoms with E-state index in [1.54, 1.807) is 12.1 Å². The van der Waals surface area contributed by atoms with Crippen LogP contribution in [0.1, 0.15) is 27.2 Å². The van der Waals surface area contributed by atoms with E-state index in [1.807, 2.05) is 51.1 Å². The van der Waals surface area contributed by atoms with E-state index in [0.717, 1.165) is 17.2 Å². The molecule has 0 amide bonds. The number of fused-ring (bicyclic) bond motifs is 1. The second-order valence-electron chi connectivity index (χ2n) is 5.32. The number of benzene rings is 2. The van der Waals surface area contributed by atoms with Gasteiger partial charge in [-0.25, -0.2) is 13.1 Å². The molecule has 2 aromatic rings. The van der Waals surface area contributed by atoms with Crippen molar-refractivity contribution in [3.8, 4) is 0 Å². The zero-order valence-corrected chi connectivity index (χ0v) is 12.3. The van der Waals surface area contributed by atoms with E-state index < -0.39 is 15.6 Å². The maximum atomic E-state index is 12.5. The SMILES string of the molecule is CCC(C)(C)NS(=O)(=O)c1cccc2ccccc12. The van der Waals surface area contributed by atoms with E-state index in [-0.39, 0.29) is 0 Å². The summed E-state index contributed by atoms with van der Waals surface area (Å²) >= 11 is 0. The maximum Gasteiger partial charge on any atom is 0.241 e. The minimum atomic E-state index is -3.51. The summed E-state index contributed by atoms with van der Waals surface area (Å²) in [6, 6.07) is 12.8. The van der Waals surface area contributed by atoms with Crippen molar-refractivity contribution in [2.45, 2.75) is 37.6 Å². The summed E-state index contributed by atoms with van der Waals surface area (Å²) in [6.45, 7) is 5.73. The summed E-state index contributed by atoms with van der Waals surface area (Å²) in [5.41, 5.74) is -0.449. The van der Waals surface area contributed by atoms with Crippen LogP contribution >= 0.6 is 0 Å². The number of hydrogen-bond acceptors (Lipinski definition) is 2. The van der Waals surface area contributed by atoms with E-state index in [9.17, 15) is 8.42 Å². The van der Waals surface area contributed by atoms with Crippen LogP contribution < -0.4 is 4.72 Å². The largest absolute Gasteiger partial charge is 0.241 e. The topological polar surface area (TPSA) is 46.2 Å². The van der Waals surface area contributed by atoms with Gasteiger partial charge in [0.25, 0.3) is 0 Å². The molecule has 19 heavy (non-hydrogen) atoms. The van der Waals surface area contributed by atoms with E-state index in [4.69, 9.17) is 0 Å². The summed E-state index contributed by atoms with van der Waals surface area (Å²) in [7, 11) is -3.51. The molecule has 0 fully saturated rings. The first kappa shape index (κ1) is 14.0. The van der Waals surface area contributed by atoms with Crippen LogP contribution in [0.3, 0.4) is 0 Å². The van der Waals surface area contributed by atoms with Gasteiger partial charge in [-0.3, -0.25) is 0 Å². The summed E-state index contributed by atoms with van der Waals surface area (Å²) in [6.07, 6.45) is 0.733. The molecule has 0 radical (unpaired) electrons. The smallest absolute Gasteiger partial charge is 0.207 e. The third-order valence-electron chi connectivity index (χ3n) is 3.33. The first-order chi connectivity index (χ1) is 8.86. The van der Waals surface area contributed by atoms with Crippen molar-refractivity contribution in [1.82, 2.24) is 4.72 Å². The average molecular weight is 277 g/mol. The molecule has 1 N–H and O–H groups in total. The molecule has 0 unspecified atom stereocenters. The zero-order valence-electron chi connectivity index (χ0n) is 11.5. The van der Waals surface area contributed by atoms with Crippen LogP contribution in [0, 0.1) is 0 Å². The Morgan fingerprint density at radius 2 is 1.68 bits per heavy atom. The van der Waals surface area contributed by atoms with E-state index in [0.29, 0.717) is 4.90 Å². The average Bonchev–Trinajstić information content (AvgIpc) is 2.37. The van der Waals surface area contributed by atoms with Crippen molar-refractivity contribution >= 4 is 20.8 Å². The quantitative estimate of drug-likeness (QED) is 0.932. The molecule has 0 saturated carbocycles. The van der Waals surface area contributed by atoms with Gasteiger partial charge in [0.2, 0.25) is 10.0 Å². The van der Waals surface area contributed by atoms with Gasteiger partial charge in [0.1, 0.15) is 0 Å². The molecular formula is C15H19NO2S. The lowest BCUT2D eigenvalue weighted by Gasteiger charge is -2.24. The number of hydrogen-bond donors (Lipinski definition) is 1. The van der Waals surface area contributed by atoms with Crippen LogP contribution in [0.5, 0.6) is 0 Å². The second kappa shape index (κ2) is 4.94. The van der Waals surface area contributed by atoms with Crippen molar-refractivity contribution in [2.24, 2.45) is 0 Å². The zero-order chi connectivity index (χ0) is 14.1. The number of sulfonamides is 1.